The maximum atomic E-state index is 12.6. The van der Waals surface area contributed by atoms with E-state index in [9.17, 15) is 19.5 Å². The minimum Gasteiger partial charge on any atom is -0.481 e. The molecule has 1 aromatic rings. The number of nitrogens with one attached hydrogen (secondary N) is 1. The lowest BCUT2D eigenvalue weighted by Crippen LogP contribution is -2.48. The van der Waals surface area contributed by atoms with Crippen LogP contribution in [0.4, 0.5) is 0 Å². The number of rotatable bonds is 7. The van der Waals surface area contributed by atoms with Crippen LogP contribution < -0.4 is 5.32 Å². The normalized spacial score (nSPS) is 18.2. The third-order valence-electron chi connectivity index (χ3n) is 4.75. The minimum absolute atomic E-state index is 0.0146. The van der Waals surface area contributed by atoms with E-state index in [1.54, 1.807) is 4.90 Å². The van der Waals surface area contributed by atoms with E-state index >= 15 is 0 Å². The second kappa shape index (κ2) is 9.02. The Morgan fingerprint density at radius 1 is 1.22 bits per heavy atom. The van der Waals surface area contributed by atoms with E-state index in [0.29, 0.717) is 25.8 Å². The molecule has 0 bridgehead atoms. The summed E-state index contributed by atoms with van der Waals surface area (Å²) < 4.78 is 0. The Kier molecular flexibility index (Phi) is 6.99. The molecule has 0 aromatic heterocycles. The number of likely N-dealkylation sites (tertiary alicyclic amines) is 1. The lowest BCUT2D eigenvalue weighted by atomic mass is 9.91. The number of nitrogens with zero attached hydrogens (tertiary/aromatic N) is 1. The van der Waals surface area contributed by atoms with Gasteiger partial charge in [-0.05, 0) is 30.2 Å². The van der Waals surface area contributed by atoms with Gasteiger partial charge in [-0.15, -0.1) is 0 Å². The van der Waals surface area contributed by atoms with Crippen LogP contribution in [0.15, 0.2) is 30.3 Å². The second-order valence-electron chi connectivity index (χ2n) is 8.45. The van der Waals surface area contributed by atoms with Gasteiger partial charge in [0.25, 0.3) is 0 Å². The van der Waals surface area contributed by atoms with Crippen molar-refractivity contribution in [2.45, 2.75) is 52.5 Å². The largest absolute Gasteiger partial charge is 0.481 e. The summed E-state index contributed by atoms with van der Waals surface area (Å²) in [5.41, 5.74) is 0.784. The molecule has 0 radical (unpaired) electrons. The molecule has 0 saturated carbocycles. The number of hydrogen-bond donors (Lipinski definition) is 2. The summed E-state index contributed by atoms with van der Waals surface area (Å²) in [7, 11) is 0. The monoisotopic (exact) mass is 374 g/mol. The van der Waals surface area contributed by atoms with Crippen LogP contribution >= 0.6 is 0 Å². The predicted molar refractivity (Wildman–Crippen MR) is 103 cm³/mol. The summed E-state index contributed by atoms with van der Waals surface area (Å²) in [4.78, 5) is 38.3. The highest BCUT2D eigenvalue weighted by molar-refractivity contribution is 5.88. The molecule has 2 unspecified atom stereocenters. The number of carbonyl (C=O) groups excluding carboxylic acids is 2. The molecule has 2 atom stereocenters. The number of carbonyl (C=O) groups is 3. The van der Waals surface area contributed by atoms with Gasteiger partial charge in [0.1, 0.15) is 6.04 Å². The third kappa shape index (κ3) is 6.38. The molecule has 0 aliphatic carbocycles. The molecule has 2 amide bonds. The van der Waals surface area contributed by atoms with Crippen molar-refractivity contribution >= 4 is 17.8 Å². The van der Waals surface area contributed by atoms with Gasteiger partial charge in [0.2, 0.25) is 11.8 Å². The average molecular weight is 374 g/mol. The first-order chi connectivity index (χ1) is 12.7. The number of carboxylic acid groups (broad SMARTS) is 1. The topological polar surface area (TPSA) is 86.7 Å². The maximum Gasteiger partial charge on any atom is 0.308 e. The molecule has 1 aromatic carbocycles. The zero-order valence-corrected chi connectivity index (χ0v) is 16.4. The summed E-state index contributed by atoms with van der Waals surface area (Å²) in [5, 5.41) is 12.2. The van der Waals surface area contributed by atoms with Crippen LogP contribution in [0.3, 0.4) is 0 Å². The highest BCUT2D eigenvalue weighted by atomic mass is 16.4. The highest BCUT2D eigenvalue weighted by Crippen LogP contribution is 2.25. The summed E-state index contributed by atoms with van der Waals surface area (Å²) in [6.07, 6.45) is 2.16. The zero-order valence-electron chi connectivity index (χ0n) is 16.4. The molecule has 6 nitrogen and oxygen atoms in total. The van der Waals surface area contributed by atoms with Gasteiger partial charge < -0.3 is 15.3 Å². The summed E-state index contributed by atoms with van der Waals surface area (Å²) in [6, 6.07) is 8.87. The van der Waals surface area contributed by atoms with E-state index in [-0.39, 0.29) is 23.8 Å². The Hall–Kier alpha value is -2.37. The number of carboxylic acids is 1. The minimum atomic E-state index is -0.939. The van der Waals surface area contributed by atoms with E-state index < -0.39 is 17.9 Å². The van der Waals surface area contributed by atoms with Gasteiger partial charge in [0.05, 0.1) is 5.92 Å². The molecular formula is C21H30N2O4. The van der Waals surface area contributed by atoms with Crippen molar-refractivity contribution in [1.82, 2.24) is 10.2 Å². The van der Waals surface area contributed by atoms with Gasteiger partial charge in [-0.2, -0.15) is 0 Å². The van der Waals surface area contributed by atoms with Crippen molar-refractivity contribution in [3.8, 4) is 0 Å². The van der Waals surface area contributed by atoms with Crippen molar-refractivity contribution < 1.29 is 19.5 Å². The van der Waals surface area contributed by atoms with Crippen molar-refractivity contribution in [2.24, 2.45) is 11.3 Å². The fourth-order valence-electron chi connectivity index (χ4n) is 3.38. The molecular weight excluding hydrogens is 344 g/mol. The molecule has 27 heavy (non-hydrogen) atoms. The zero-order chi connectivity index (χ0) is 20.0. The standard InChI is InChI=1S/C21H30N2O4/c1-21(2,3)13-18(24)23-11-7-10-17(23)19(25)22-14-16(20(26)27)12-15-8-5-4-6-9-15/h4-6,8-9,16-17H,7,10-14H2,1-3H3,(H,22,25)(H,26,27). The first kappa shape index (κ1) is 20.9. The molecule has 1 heterocycles. The molecule has 2 N–H and O–H groups in total. The first-order valence-corrected chi connectivity index (χ1v) is 9.51. The summed E-state index contributed by atoms with van der Waals surface area (Å²) >= 11 is 0. The Labute approximate surface area is 160 Å². The Bertz CT molecular complexity index is 667. The smallest absolute Gasteiger partial charge is 0.308 e. The van der Waals surface area contributed by atoms with Gasteiger partial charge in [-0.3, -0.25) is 14.4 Å². The predicted octanol–water partition coefficient (Wildman–Crippen LogP) is 2.47. The van der Waals surface area contributed by atoms with Crippen LogP contribution in [0, 0.1) is 11.3 Å². The molecule has 1 aliphatic heterocycles. The first-order valence-electron chi connectivity index (χ1n) is 9.51. The van der Waals surface area contributed by atoms with Gasteiger partial charge in [-0.25, -0.2) is 0 Å². The van der Waals surface area contributed by atoms with Crippen molar-refractivity contribution in [1.29, 1.82) is 0 Å². The van der Waals surface area contributed by atoms with Crippen LogP contribution in [0.25, 0.3) is 0 Å². The van der Waals surface area contributed by atoms with Crippen LogP contribution in [-0.2, 0) is 20.8 Å². The van der Waals surface area contributed by atoms with E-state index in [0.717, 1.165) is 12.0 Å². The number of benzene rings is 1. The van der Waals surface area contributed by atoms with Crippen LogP contribution in [-0.4, -0.2) is 46.9 Å². The van der Waals surface area contributed by atoms with Crippen molar-refractivity contribution in [3.05, 3.63) is 35.9 Å². The van der Waals surface area contributed by atoms with Crippen molar-refractivity contribution in [2.75, 3.05) is 13.1 Å². The molecule has 1 aliphatic rings. The van der Waals surface area contributed by atoms with Gasteiger partial charge in [0, 0.05) is 19.5 Å². The lowest BCUT2D eigenvalue weighted by molar-refractivity contribution is -0.143. The van der Waals surface area contributed by atoms with E-state index in [2.05, 4.69) is 5.32 Å². The Morgan fingerprint density at radius 3 is 2.48 bits per heavy atom. The molecule has 1 fully saturated rings. The fraction of sp³-hybridized carbons (Fsp3) is 0.571. The number of aliphatic carboxylic acids is 1. The van der Waals surface area contributed by atoms with Crippen molar-refractivity contribution in [3.63, 3.8) is 0 Å². The summed E-state index contributed by atoms with van der Waals surface area (Å²) in [6.45, 7) is 6.63. The lowest BCUT2D eigenvalue weighted by Gasteiger charge is -2.28. The number of hydrogen-bond acceptors (Lipinski definition) is 3. The quantitative estimate of drug-likeness (QED) is 0.768. The third-order valence-corrected chi connectivity index (χ3v) is 4.75. The molecule has 2 rings (SSSR count). The fourth-order valence-corrected chi connectivity index (χ4v) is 3.38. The molecule has 1 saturated heterocycles. The van der Waals surface area contributed by atoms with E-state index in [4.69, 9.17) is 0 Å². The molecule has 148 valence electrons. The highest BCUT2D eigenvalue weighted by Gasteiger charge is 2.35. The average Bonchev–Trinajstić information content (AvgIpc) is 3.07. The molecule has 6 heteroatoms. The van der Waals surface area contributed by atoms with Crippen LogP contribution in [0.5, 0.6) is 0 Å². The van der Waals surface area contributed by atoms with Gasteiger partial charge in [-0.1, -0.05) is 51.1 Å². The van der Waals surface area contributed by atoms with Gasteiger partial charge in [0.15, 0.2) is 0 Å². The Morgan fingerprint density at radius 2 is 1.89 bits per heavy atom. The SMILES string of the molecule is CC(C)(C)CC(=O)N1CCCC1C(=O)NCC(Cc1ccccc1)C(=O)O. The van der Waals surface area contributed by atoms with E-state index in [1.807, 2.05) is 51.1 Å². The van der Waals surface area contributed by atoms with Crippen LogP contribution in [0.2, 0.25) is 0 Å². The van der Waals surface area contributed by atoms with Gasteiger partial charge >= 0.3 is 5.97 Å². The maximum absolute atomic E-state index is 12.6. The summed E-state index contributed by atoms with van der Waals surface area (Å²) in [5.74, 6) is -1.91. The second-order valence-corrected chi connectivity index (χ2v) is 8.45. The van der Waals surface area contributed by atoms with E-state index in [1.165, 1.54) is 0 Å². The van der Waals surface area contributed by atoms with Crippen LogP contribution in [0.1, 0.15) is 45.6 Å². The Balaban J connectivity index is 1.94. The number of amides is 2. The molecule has 0 spiro atoms.